The third kappa shape index (κ3) is 2.21. The molecular formula is C13H18. The second kappa shape index (κ2) is 4.86. The Bertz CT molecular complexity index is 284. The molecule has 0 saturated carbocycles. The fourth-order valence-electron chi connectivity index (χ4n) is 1.73. The molecule has 0 radical (unpaired) electrons. The molecule has 0 aliphatic carbocycles. The Morgan fingerprint density at radius 3 is 2.62 bits per heavy atom. The first kappa shape index (κ1) is 10.0. The molecule has 0 aliphatic rings. The molecule has 0 atom stereocenters. The van der Waals surface area contributed by atoms with Crippen LogP contribution in [0, 0.1) is 0 Å². The summed E-state index contributed by atoms with van der Waals surface area (Å²) in [6.07, 6.45) is 5.46. The Balaban J connectivity index is 3.12. The van der Waals surface area contributed by atoms with Gasteiger partial charge in [0, 0.05) is 0 Å². The molecule has 0 amide bonds. The van der Waals surface area contributed by atoms with Crippen LogP contribution >= 0.6 is 0 Å². The molecule has 0 aromatic heterocycles. The van der Waals surface area contributed by atoms with E-state index in [-0.39, 0.29) is 0 Å². The van der Waals surface area contributed by atoms with Gasteiger partial charge in [-0.15, -0.1) is 0 Å². The highest BCUT2D eigenvalue weighted by Gasteiger charge is 2.02. The highest BCUT2D eigenvalue weighted by molar-refractivity contribution is 5.54. The molecule has 0 spiro atoms. The van der Waals surface area contributed by atoms with Gasteiger partial charge in [-0.3, -0.25) is 0 Å². The van der Waals surface area contributed by atoms with Gasteiger partial charge in [0.15, 0.2) is 0 Å². The monoisotopic (exact) mass is 174 g/mol. The maximum absolute atomic E-state index is 3.85. The third-order valence-corrected chi connectivity index (χ3v) is 2.41. The van der Waals surface area contributed by atoms with Crippen LogP contribution < -0.4 is 0 Å². The van der Waals surface area contributed by atoms with E-state index in [1.54, 1.807) is 0 Å². The molecule has 0 bridgehead atoms. The average Bonchev–Trinajstić information content (AvgIpc) is 2.18. The van der Waals surface area contributed by atoms with Crippen LogP contribution in [0.2, 0.25) is 0 Å². The summed E-state index contributed by atoms with van der Waals surface area (Å²) in [5.74, 6) is 0. The van der Waals surface area contributed by atoms with Crippen molar-refractivity contribution in [1.82, 2.24) is 0 Å². The summed E-state index contributed by atoms with van der Waals surface area (Å²) in [5, 5.41) is 0. The summed E-state index contributed by atoms with van der Waals surface area (Å²) in [5.41, 5.74) is 4.27. The molecule has 13 heavy (non-hydrogen) atoms. The third-order valence-electron chi connectivity index (χ3n) is 2.41. The lowest BCUT2D eigenvalue weighted by Gasteiger charge is -2.10. The van der Waals surface area contributed by atoms with Gasteiger partial charge in [0.2, 0.25) is 0 Å². The Hall–Kier alpha value is -1.04. The first-order valence-corrected chi connectivity index (χ1v) is 5.06. The molecule has 0 heterocycles. The minimum absolute atomic E-state index is 1.12. The van der Waals surface area contributed by atoms with E-state index in [1.165, 1.54) is 29.5 Å². The largest absolute Gasteiger partial charge is 0.0985 e. The quantitative estimate of drug-likeness (QED) is 0.650. The number of aryl methyl sites for hydroxylation is 1. The summed E-state index contributed by atoms with van der Waals surface area (Å²) < 4.78 is 0. The minimum atomic E-state index is 1.12. The van der Waals surface area contributed by atoms with Crippen molar-refractivity contribution in [2.75, 3.05) is 0 Å². The van der Waals surface area contributed by atoms with Gasteiger partial charge in [-0.25, -0.2) is 0 Å². The fourth-order valence-corrected chi connectivity index (χ4v) is 1.73. The first-order valence-electron chi connectivity index (χ1n) is 5.06. The van der Waals surface area contributed by atoms with Crippen LogP contribution in [0.25, 0.3) is 6.08 Å². The highest BCUT2D eigenvalue weighted by Crippen LogP contribution is 2.18. The second-order valence-corrected chi connectivity index (χ2v) is 3.29. The zero-order valence-corrected chi connectivity index (χ0v) is 8.64. The number of hydrogen-bond acceptors (Lipinski definition) is 0. The summed E-state index contributed by atoms with van der Waals surface area (Å²) >= 11 is 0. The number of hydrogen-bond donors (Lipinski definition) is 0. The van der Waals surface area contributed by atoms with Crippen molar-refractivity contribution < 1.29 is 0 Å². The number of rotatable bonds is 4. The minimum Gasteiger partial charge on any atom is -0.0985 e. The average molecular weight is 174 g/mol. The molecule has 0 fully saturated rings. The Morgan fingerprint density at radius 1 is 1.31 bits per heavy atom. The van der Waals surface area contributed by atoms with E-state index < -0.39 is 0 Å². The molecule has 1 aromatic rings. The van der Waals surface area contributed by atoms with Crippen molar-refractivity contribution in [3.05, 3.63) is 41.5 Å². The molecule has 0 nitrogen and oxygen atoms in total. The van der Waals surface area contributed by atoms with Gasteiger partial charge in [-0.2, -0.15) is 0 Å². The van der Waals surface area contributed by atoms with Crippen LogP contribution in [0.5, 0.6) is 0 Å². The fraction of sp³-hybridized carbons (Fsp3) is 0.385. The van der Waals surface area contributed by atoms with E-state index in [0.717, 1.165) is 6.42 Å². The van der Waals surface area contributed by atoms with Gasteiger partial charge in [0.1, 0.15) is 0 Å². The molecule has 70 valence electrons. The molecule has 1 rings (SSSR count). The predicted molar refractivity (Wildman–Crippen MR) is 59.9 cm³/mol. The lowest BCUT2D eigenvalue weighted by atomic mass is 9.96. The van der Waals surface area contributed by atoms with E-state index >= 15 is 0 Å². The van der Waals surface area contributed by atoms with Crippen LogP contribution in [0.15, 0.2) is 24.8 Å². The predicted octanol–water partition coefficient (Wildman–Crippen LogP) is 3.84. The van der Waals surface area contributed by atoms with E-state index in [9.17, 15) is 0 Å². The molecule has 0 heteroatoms. The SMILES string of the molecule is C=Cc1cccc(CC)c1CCC. The van der Waals surface area contributed by atoms with Crippen molar-refractivity contribution in [1.29, 1.82) is 0 Å². The van der Waals surface area contributed by atoms with Crippen molar-refractivity contribution in [2.24, 2.45) is 0 Å². The highest BCUT2D eigenvalue weighted by atomic mass is 14.1. The Labute approximate surface area is 81.3 Å². The van der Waals surface area contributed by atoms with Crippen molar-refractivity contribution in [3.8, 4) is 0 Å². The summed E-state index contributed by atoms with van der Waals surface area (Å²) in [6, 6.07) is 6.49. The molecule has 0 aliphatic heterocycles. The maximum Gasteiger partial charge on any atom is -0.0228 e. The van der Waals surface area contributed by atoms with Gasteiger partial charge in [-0.1, -0.05) is 51.1 Å². The summed E-state index contributed by atoms with van der Waals surface area (Å²) in [6.45, 7) is 8.28. The maximum atomic E-state index is 3.85. The lowest BCUT2D eigenvalue weighted by Crippen LogP contribution is -1.95. The van der Waals surface area contributed by atoms with E-state index in [0.29, 0.717) is 0 Å². The number of benzene rings is 1. The molecular weight excluding hydrogens is 156 g/mol. The standard InChI is InChI=1S/C13H18/c1-4-8-13-11(5-2)9-7-10-12(13)6-3/h5,7,9-10H,2,4,6,8H2,1,3H3. The van der Waals surface area contributed by atoms with Gasteiger partial charge in [0.05, 0.1) is 0 Å². The van der Waals surface area contributed by atoms with Crippen LogP contribution in [-0.2, 0) is 12.8 Å². The van der Waals surface area contributed by atoms with Crippen LogP contribution in [-0.4, -0.2) is 0 Å². The van der Waals surface area contributed by atoms with E-state index in [1.807, 2.05) is 6.08 Å². The first-order chi connectivity index (χ1) is 6.33. The topological polar surface area (TPSA) is 0 Å². The van der Waals surface area contributed by atoms with Gasteiger partial charge < -0.3 is 0 Å². The normalized spacial score (nSPS) is 10.0. The van der Waals surface area contributed by atoms with Crippen molar-refractivity contribution in [3.63, 3.8) is 0 Å². The van der Waals surface area contributed by atoms with E-state index in [4.69, 9.17) is 0 Å². The second-order valence-electron chi connectivity index (χ2n) is 3.29. The Kier molecular flexibility index (Phi) is 3.75. The molecule has 1 aromatic carbocycles. The zero-order chi connectivity index (χ0) is 9.68. The van der Waals surface area contributed by atoms with Gasteiger partial charge >= 0.3 is 0 Å². The molecule has 0 unspecified atom stereocenters. The van der Waals surface area contributed by atoms with Gasteiger partial charge in [0.25, 0.3) is 0 Å². The molecule has 0 N–H and O–H groups in total. The van der Waals surface area contributed by atoms with Gasteiger partial charge in [-0.05, 0) is 29.5 Å². The Morgan fingerprint density at radius 2 is 2.08 bits per heavy atom. The smallest absolute Gasteiger partial charge is 0.0228 e. The van der Waals surface area contributed by atoms with Crippen LogP contribution in [0.4, 0.5) is 0 Å². The lowest BCUT2D eigenvalue weighted by molar-refractivity contribution is 0.897. The zero-order valence-electron chi connectivity index (χ0n) is 8.64. The summed E-state index contributed by atoms with van der Waals surface area (Å²) in [4.78, 5) is 0. The van der Waals surface area contributed by atoms with E-state index in [2.05, 4.69) is 38.6 Å². The van der Waals surface area contributed by atoms with Crippen molar-refractivity contribution in [2.45, 2.75) is 33.1 Å². The van der Waals surface area contributed by atoms with Crippen molar-refractivity contribution >= 4 is 6.08 Å². The van der Waals surface area contributed by atoms with Crippen LogP contribution in [0.1, 0.15) is 37.0 Å². The van der Waals surface area contributed by atoms with Crippen LogP contribution in [0.3, 0.4) is 0 Å². The summed E-state index contributed by atoms with van der Waals surface area (Å²) in [7, 11) is 0. The molecule has 0 saturated heterocycles.